The van der Waals surface area contributed by atoms with Gasteiger partial charge in [0.05, 0.1) is 12.7 Å². The lowest BCUT2D eigenvalue weighted by molar-refractivity contribution is 0.0600. The maximum Gasteiger partial charge on any atom is 0.338 e. The van der Waals surface area contributed by atoms with Gasteiger partial charge in [0.15, 0.2) is 5.43 Å². The molecular formula is C22H21NO3. The summed E-state index contributed by atoms with van der Waals surface area (Å²) < 4.78 is 5.05. The minimum Gasteiger partial charge on any atom is -0.465 e. The van der Waals surface area contributed by atoms with E-state index in [1.54, 1.807) is 12.3 Å². The van der Waals surface area contributed by atoms with Gasteiger partial charge in [-0.05, 0) is 41.7 Å². The minimum absolute atomic E-state index is 0.0387. The zero-order valence-corrected chi connectivity index (χ0v) is 15.1. The molecule has 1 aromatic heterocycles. The fourth-order valence-corrected chi connectivity index (χ4v) is 3.29. The van der Waals surface area contributed by atoms with Crippen LogP contribution in [0.2, 0.25) is 0 Å². The van der Waals surface area contributed by atoms with Crippen molar-refractivity contribution in [3.8, 4) is 11.1 Å². The maximum atomic E-state index is 12.5. The van der Waals surface area contributed by atoms with E-state index in [2.05, 4.69) is 4.98 Å². The third-order valence-corrected chi connectivity index (χ3v) is 4.61. The molecule has 0 atom stereocenters. The van der Waals surface area contributed by atoms with Crippen molar-refractivity contribution in [1.82, 2.24) is 4.98 Å². The molecule has 3 aromatic rings. The van der Waals surface area contributed by atoms with Crippen molar-refractivity contribution in [3.05, 3.63) is 92.9 Å². The molecule has 1 heterocycles. The fraction of sp³-hybridized carbons (Fsp3) is 0.182. The Balaban J connectivity index is 2.18. The summed E-state index contributed by atoms with van der Waals surface area (Å²) in [4.78, 5) is 27.2. The lowest BCUT2D eigenvalue weighted by Gasteiger charge is -2.18. The molecule has 0 aliphatic rings. The summed E-state index contributed by atoms with van der Waals surface area (Å²) in [5, 5.41) is 0. The van der Waals surface area contributed by atoms with Gasteiger partial charge < -0.3 is 9.72 Å². The number of carbonyl (C=O) groups is 1. The number of esters is 1. The predicted molar refractivity (Wildman–Crippen MR) is 103 cm³/mol. The van der Waals surface area contributed by atoms with E-state index >= 15 is 0 Å². The van der Waals surface area contributed by atoms with Gasteiger partial charge in [-0.3, -0.25) is 4.79 Å². The fourth-order valence-electron chi connectivity index (χ4n) is 3.29. The number of aryl methyl sites for hydroxylation is 1. The molecule has 0 saturated heterocycles. The van der Waals surface area contributed by atoms with E-state index in [1.165, 1.54) is 13.2 Å². The Bertz CT molecular complexity index is 1000. The summed E-state index contributed by atoms with van der Waals surface area (Å²) in [5.41, 5.74) is 6.13. The van der Waals surface area contributed by atoms with Gasteiger partial charge in [-0.25, -0.2) is 4.79 Å². The first-order valence-electron chi connectivity index (χ1n) is 8.45. The molecule has 2 aromatic carbocycles. The molecule has 0 aliphatic heterocycles. The van der Waals surface area contributed by atoms with Crippen molar-refractivity contribution in [2.45, 2.75) is 20.3 Å². The van der Waals surface area contributed by atoms with E-state index in [0.717, 1.165) is 33.5 Å². The Morgan fingerprint density at radius 1 is 1.08 bits per heavy atom. The molecule has 0 spiro atoms. The molecule has 0 amide bonds. The van der Waals surface area contributed by atoms with Crippen molar-refractivity contribution in [1.29, 1.82) is 0 Å². The van der Waals surface area contributed by atoms with E-state index in [0.29, 0.717) is 12.0 Å². The van der Waals surface area contributed by atoms with Crippen LogP contribution in [-0.2, 0) is 11.2 Å². The number of hydrogen-bond acceptors (Lipinski definition) is 3. The average molecular weight is 347 g/mol. The highest BCUT2D eigenvalue weighted by molar-refractivity contribution is 5.99. The molecule has 4 heteroatoms. The zero-order chi connectivity index (χ0) is 18.7. The summed E-state index contributed by atoms with van der Waals surface area (Å²) in [6, 6.07) is 14.9. The van der Waals surface area contributed by atoms with E-state index in [1.807, 2.05) is 50.2 Å². The second-order valence-corrected chi connectivity index (χ2v) is 6.30. The summed E-state index contributed by atoms with van der Waals surface area (Å²) in [6.07, 6.45) is 2.19. The number of rotatable bonds is 4. The molecule has 26 heavy (non-hydrogen) atoms. The van der Waals surface area contributed by atoms with Crippen LogP contribution in [0.25, 0.3) is 11.1 Å². The van der Waals surface area contributed by atoms with Gasteiger partial charge in [0, 0.05) is 30.4 Å². The highest BCUT2D eigenvalue weighted by Gasteiger charge is 2.21. The first-order chi connectivity index (χ1) is 12.5. The standard InChI is InChI=1S/C22H21NO3/c1-14-11-20(16-7-5-4-6-8-16)21(22(25)26-3)15(2)19(14)13-17-12-18(24)9-10-23-17/h4-12H,13H2,1-3H3,(H,23,24). The van der Waals surface area contributed by atoms with Crippen molar-refractivity contribution >= 4 is 5.97 Å². The predicted octanol–water partition coefficient (Wildman–Crippen LogP) is 4.04. The van der Waals surface area contributed by atoms with Crippen LogP contribution >= 0.6 is 0 Å². The molecule has 0 fully saturated rings. The van der Waals surface area contributed by atoms with Gasteiger partial charge in [0.2, 0.25) is 0 Å². The van der Waals surface area contributed by atoms with Crippen molar-refractivity contribution in [3.63, 3.8) is 0 Å². The first-order valence-corrected chi connectivity index (χ1v) is 8.45. The second kappa shape index (κ2) is 7.40. The molecular weight excluding hydrogens is 326 g/mol. The van der Waals surface area contributed by atoms with Gasteiger partial charge in [0.25, 0.3) is 0 Å². The second-order valence-electron chi connectivity index (χ2n) is 6.30. The number of pyridine rings is 1. The maximum absolute atomic E-state index is 12.5. The smallest absolute Gasteiger partial charge is 0.338 e. The highest BCUT2D eigenvalue weighted by Crippen LogP contribution is 2.32. The van der Waals surface area contributed by atoms with Crippen molar-refractivity contribution < 1.29 is 9.53 Å². The van der Waals surface area contributed by atoms with Crippen LogP contribution in [0.15, 0.2) is 59.5 Å². The van der Waals surface area contributed by atoms with Gasteiger partial charge in [-0.2, -0.15) is 0 Å². The Hall–Kier alpha value is -3.14. The Kier molecular flexibility index (Phi) is 5.03. The van der Waals surface area contributed by atoms with E-state index < -0.39 is 0 Å². The highest BCUT2D eigenvalue weighted by atomic mass is 16.5. The summed E-state index contributed by atoms with van der Waals surface area (Å²) in [7, 11) is 1.39. The number of methoxy groups -OCH3 is 1. The monoisotopic (exact) mass is 347 g/mol. The lowest BCUT2D eigenvalue weighted by Crippen LogP contribution is -2.11. The third kappa shape index (κ3) is 3.45. The number of ether oxygens (including phenoxy) is 1. The summed E-state index contributed by atoms with van der Waals surface area (Å²) >= 11 is 0. The lowest BCUT2D eigenvalue weighted by atomic mass is 9.87. The molecule has 0 unspecified atom stereocenters. The molecule has 0 bridgehead atoms. The molecule has 0 aliphatic carbocycles. The van der Waals surface area contributed by atoms with E-state index in [4.69, 9.17) is 4.74 Å². The zero-order valence-electron chi connectivity index (χ0n) is 15.1. The largest absolute Gasteiger partial charge is 0.465 e. The van der Waals surface area contributed by atoms with Crippen LogP contribution in [0.4, 0.5) is 0 Å². The normalized spacial score (nSPS) is 10.6. The van der Waals surface area contributed by atoms with Gasteiger partial charge in [-0.15, -0.1) is 0 Å². The van der Waals surface area contributed by atoms with Gasteiger partial charge >= 0.3 is 5.97 Å². The first kappa shape index (κ1) is 17.7. The number of benzene rings is 2. The van der Waals surface area contributed by atoms with Crippen molar-refractivity contribution in [2.24, 2.45) is 0 Å². The topological polar surface area (TPSA) is 59.2 Å². The van der Waals surface area contributed by atoms with Crippen LogP contribution in [0, 0.1) is 13.8 Å². The molecule has 1 N–H and O–H groups in total. The van der Waals surface area contributed by atoms with Crippen LogP contribution in [0.3, 0.4) is 0 Å². The van der Waals surface area contributed by atoms with Gasteiger partial charge in [0.1, 0.15) is 0 Å². The number of aromatic nitrogens is 1. The van der Waals surface area contributed by atoms with Gasteiger partial charge in [-0.1, -0.05) is 36.4 Å². The molecule has 0 saturated carbocycles. The minimum atomic E-state index is -0.357. The molecule has 0 radical (unpaired) electrons. The van der Waals surface area contributed by atoms with Crippen LogP contribution in [-0.4, -0.2) is 18.1 Å². The van der Waals surface area contributed by atoms with Crippen LogP contribution in [0.5, 0.6) is 0 Å². The molecule has 4 nitrogen and oxygen atoms in total. The number of nitrogens with one attached hydrogen (secondary N) is 1. The van der Waals surface area contributed by atoms with E-state index in [-0.39, 0.29) is 11.4 Å². The Morgan fingerprint density at radius 2 is 1.81 bits per heavy atom. The third-order valence-electron chi connectivity index (χ3n) is 4.61. The number of aromatic amines is 1. The number of carbonyl (C=O) groups excluding carboxylic acids is 1. The summed E-state index contributed by atoms with van der Waals surface area (Å²) in [5.74, 6) is -0.357. The van der Waals surface area contributed by atoms with Crippen LogP contribution < -0.4 is 5.43 Å². The molecule has 132 valence electrons. The molecule has 3 rings (SSSR count). The number of H-pyrrole nitrogens is 1. The van der Waals surface area contributed by atoms with Crippen molar-refractivity contribution in [2.75, 3.05) is 7.11 Å². The Labute approximate surface area is 152 Å². The Morgan fingerprint density at radius 3 is 2.46 bits per heavy atom. The van der Waals surface area contributed by atoms with Crippen LogP contribution in [0.1, 0.15) is 32.7 Å². The summed E-state index contributed by atoms with van der Waals surface area (Å²) in [6.45, 7) is 3.96. The van der Waals surface area contributed by atoms with E-state index in [9.17, 15) is 9.59 Å². The quantitative estimate of drug-likeness (QED) is 0.725. The number of hydrogen-bond donors (Lipinski definition) is 1. The average Bonchev–Trinajstić information content (AvgIpc) is 2.65. The SMILES string of the molecule is COC(=O)c1c(-c2ccccc2)cc(C)c(Cc2cc(=O)cc[nH]2)c1C.